The van der Waals surface area contributed by atoms with Crippen molar-refractivity contribution in [3.8, 4) is 10.6 Å². The zero-order valence-corrected chi connectivity index (χ0v) is 18.1. The van der Waals surface area contributed by atoms with E-state index in [1.54, 1.807) is 17.5 Å². The third-order valence-electron chi connectivity index (χ3n) is 5.48. The van der Waals surface area contributed by atoms with Gasteiger partial charge in [0, 0.05) is 42.8 Å². The third-order valence-corrected chi connectivity index (χ3v) is 6.42. The van der Waals surface area contributed by atoms with Gasteiger partial charge in [-0.05, 0) is 49.9 Å². The number of carbonyl (C=O) groups is 1. The Labute approximate surface area is 182 Å². The second-order valence-electron chi connectivity index (χ2n) is 7.31. The minimum Gasteiger partial charge on any atom is -0.354 e. The van der Waals surface area contributed by atoms with Crippen LogP contribution in [0.2, 0.25) is 0 Å². The molecule has 2 fully saturated rings. The molecule has 1 spiro atoms. The molecule has 1 atom stereocenters. The largest absolute Gasteiger partial charge is 0.354 e. The van der Waals surface area contributed by atoms with Crippen molar-refractivity contribution in [2.45, 2.75) is 31.7 Å². The number of carbonyl (C=O) groups excluding carboxylic acids is 1. The molecule has 0 saturated carbocycles. The molecule has 1 amide bonds. The number of hydrogen-bond acceptors (Lipinski definition) is 6. The van der Waals surface area contributed by atoms with E-state index in [9.17, 15) is 4.79 Å². The van der Waals surface area contributed by atoms with Crippen LogP contribution in [0.4, 0.5) is 0 Å². The summed E-state index contributed by atoms with van der Waals surface area (Å²) in [5.74, 6) is 0.128. The maximum atomic E-state index is 12.5. The quantitative estimate of drug-likeness (QED) is 0.661. The van der Waals surface area contributed by atoms with E-state index in [0.717, 1.165) is 48.7 Å². The Morgan fingerprint density at radius 3 is 2.89 bits per heavy atom. The normalized spacial score (nSPS) is 20.2. The van der Waals surface area contributed by atoms with Crippen molar-refractivity contribution in [1.29, 1.82) is 0 Å². The smallest absolute Gasteiger partial charge is 0.237 e. The maximum Gasteiger partial charge on any atom is 0.237 e. The number of rotatable bonds is 5. The second-order valence-corrected chi connectivity index (χ2v) is 8.17. The number of pyridine rings is 1. The lowest BCUT2D eigenvalue weighted by atomic mass is 9.77. The van der Waals surface area contributed by atoms with Crippen molar-refractivity contribution in [3.05, 3.63) is 35.6 Å². The van der Waals surface area contributed by atoms with Crippen molar-refractivity contribution in [2.75, 3.05) is 26.2 Å². The molecule has 2 aliphatic heterocycles. The van der Waals surface area contributed by atoms with Gasteiger partial charge in [0.25, 0.3) is 0 Å². The zero-order chi connectivity index (χ0) is 17.8. The van der Waals surface area contributed by atoms with Crippen LogP contribution in [-0.2, 0) is 11.2 Å². The van der Waals surface area contributed by atoms with Crippen LogP contribution < -0.4 is 16.0 Å². The lowest BCUT2D eigenvalue weighted by Gasteiger charge is -2.33. The number of nitrogens with zero attached hydrogens (tertiary/aromatic N) is 2. The molecular weight excluding hydrogens is 417 g/mol. The molecule has 28 heavy (non-hydrogen) atoms. The van der Waals surface area contributed by atoms with Gasteiger partial charge in [-0.3, -0.25) is 9.78 Å². The minimum atomic E-state index is -0.0468. The van der Waals surface area contributed by atoms with E-state index in [2.05, 4.69) is 31.3 Å². The summed E-state index contributed by atoms with van der Waals surface area (Å²) in [6, 6.07) is 3.88. The van der Waals surface area contributed by atoms with Crippen molar-refractivity contribution in [3.63, 3.8) is 0 Å². The van der Waals surface area contributed by atoms with E-state index in [4.69, 9.17) is 0 Å². The van der Waals surface area contributed by atoms with Gasteiger partial charge in [-0.25, -0.2) is 4.98 Å². The van der Waals surface area contributed by atoms with E-state index in [-0.39, 0.29) is 36.8 Å². The topological polar surface area (TPSA) is 78.9 Å². The van der Waals surface area contributed by atoms with Crippen molar-refractivity contribution in [2.24, 2.45) is 5.41 Å². The van der Waals surface area contributed by atoms with Gasteiger partial charge in [0.05, 0.1) is 11.7 Å². The molecule has 2 aromatic rings. The van der Waals surface area contributed by atoms with E-state index in [1.807, 2.05) is 18.3 Å². The van der Waals surface area contributed by atoms with Crippen molar-refractivity contribution >= 4 is 42.1 Å². The van der Waals surface area contributed by atoms with Gasteiger partial charge in [0.1, 0.15) is 5.01 Å². The highest BCUT2D eigenvalue weighted by Crippen LogP contribution is 2.37. The monoisotopic (exact) mass is 443 g/mol. The van der Waals surface area contributed by atoms with Gasteiger partial charge < -0.3 is 16.0 Å². The summed E-state index contributed by atoms with van der Waals surface area (Å²) in [5.41, 5.74) is 2.37. The first kappa shape index (κ1) is 23.0. The molecule has 154 valence electrons. The average Bonchev–Trinajstić information content (AvgIpc) is 3.31. The van der Waals surface area contributed by atoms with Gasteiger partial charge >= 0.3 is 0 Å². The fourth-order valence-electron chi connectivity index (χ4n) is 3.92. The summed E-state index contributed by atoms with van der Waals surface area (Å²) in [6.07, 6.45) is 7.64. The molecule has 3 N–H and O–H groups in total. The Morgan fingerprint density at radius 2 is 2.14 bits per heavy atom. The molecule has 2 aromatic heterocycles. The Balaban J connectivity index is 0.00000140. The van der Waals surface area contributed by atoms with Crippen LogP contribution in [0.1, 0.15) is 25.0 Å². The summed E-state index contributed by atoms with van der Waals surface area (Å²) in [7, 11) is 0. The van der Waals surface area contributed by atoms with Gasteiger partial charge in [0.15, 0.2) is 0 Å². The summed E-state index contributed by atoms with van der Waals surface area (Å²) in [6.45, 7) is 3.73. The summed E-state index contributed by atoms with van der Waals surface area (Å²) in [5, 5.41) is 13.0. The molecule has 0 aromatic carbocycles. The second kappa shape index (κ2) is 10.5. The van der Waals surface area contributed by atoms with Crippen LogP contribution in [-0.4, -0.2) is 48.1 Å². The highest BCUT2D eigenvalue weighted by atomic mass is 35.5. The van der Waals surface area contributed by atoms with Crippen molar-refractivity contribution < 1.29 is 4.79 Å². The number of halogens is 2. The van der Waals surface area contributed by atoms with Gasteiger partial charge in [0.2, 0.25) is 5.91 Å². The van der Waals surface area contributed by atoms with Gasteiger partial charge in [-0.15, -0.1) is 36.2 Å². The average molecular weight is 444 g/mol. The predicted octanol–water partition coefficient (Wildman–Crippen LogP) is 2.44. The standard InChI is InChI=1S/C19H25N5OS.2ClH/c25-17(16-10-19(13-23-16)4-8-20-9-5-19)22-7-3-15-12-26-18(24-15)14-2-1-6-21-11-14;;/h1-2,6,11-12,16,20,23H,3-5,7-10,13H2,(H,22,25);2*1H. The van der Waals surface area contributed by atoms with E-state index in [0.29, 0.717) is 12.0 Å². The van der Waals surface area contributed by atoms with Crippen molar-refractivity contribution in [1.82, 2.24) is 25.9 Å². The molecule has 9 heteroatoms. The van der Waals surface area contributed by atoms with E-state index in [1.165, 1.54) is 12.8 Å². The molecule has 2 saturated heterocycles. The van der Waals surface area contributed by atoms with Crippen LogP contribution >= 0.6 is 36.2 Å². The number of thiazole rings is 1. The fraction of sp³-hybridized carbons (Fsp3) is 0.526. The number of aromatic nitrogens is 2. The molecular formula is C19H27Cl2N5OS. The van der Waals surface area contributed by atoms with E-state index >= 15 is 0 Å². The molecule has 0 radical (unpaired) electrons. The summed E-state index contributed by atoms with van der Waals surface area (Å²) in [4.78, 5) is 21.3. The minimum absolute atomic E-state index is 0. The Hall–Kier alpha value is -1.25. The van der Waals surface area contributed by atoms with Gasteiger partial charge in [-0.1, -0.05) is 0 Å². The number of hydrogen-bond donors (Lipinski definition) is 3. The first-order chi connectivity index (χ1) is 12.7. The Bertz CT molecular complexity index is 752. The summed E-state index contributed by atoms with van der Waals surface area (Å²) >= 11 is 1.62. The fourth-order valence-corrected chi connectivity index (χ4v) is 4.77. The number of amides is 1. The number of piperidine rings is 1. The highest BCUT2D eigenvalue weighted by molar-refractivity contribution is 7.13. The van der Waals surface area contributed by atoms with Crippen LogP contribution in [0.15, 0.2) is 29.9 Å². The Kier molecular flexibility index (Phi) is 8.64. The predicted molar refractivity (Wildman–Crippen MR) is 117 cm³/mol. The number of nitrogens with one attached hydrogen (secondary N) is 3. The molecule has 4 heterocycles. The van der Waals surface area contributed by atoms with E-state index < -0.39 is 0 Å². The molecule has 0 bridgehead atoms. The first-order valence-electron chi connectivity index (χ1n) is 9.31. The molecule has 2 aliphatic rings. The SMILES string of the molecule is Cl.Cl.O=C(NCCc1csc(-c2cccnc2)n1)C1CC2(CCNCC2)CN1. The zero-order valence-electron chi connectivity index (χ0n) is 15.6. The lowest BCUT2D eigenvalue weighted by Crippen LogP contribution is -2.41. The summed E-state index contributed by atoms with van der Waals surface area (Å²) < 4.78 is 0. The molecule has 6 nitrogen and oxygen atoms in total. The van der Waals surface area contributed by atoms with Crippen LogP contribution in [0.25, 0.3) is 10.6 Å². The highest BCUT2D eigenvalue weighted by Gasteiger charge is 2.41. The Morgan fingerprint density at radius 1 is 1.32 bits per heavy atom. The van der Waals surface area contributed by atoms with Crippen LogP contribution in [0.3, 0.4) is 0 Å². The first-order valence-corrected chi connectivity index (χ1v) is 10.2. The van der Waals surface area contributed by atoms with Crippen LogP contribution in [0, 0.1) is 5.41 Å². The van der Waals surface area contributed by atoms with Gasteiger partial charge in [-0.2, -0.15) is 0 Å². The van der Waals surface area contributed by atoms with Crippen LogP contribution in [0.5, 0.6) is 0 Å². The lowest BCUT2D eigenvalue weighted by molar-refractivity contribution is -0.122. The molecule has 0 aliphatic carbocycles. The maximum absolute atomic E-state index is 12.5. The third kappa shape index (κ3) is 5.42. The molecule has 1 unspecified atom stereocenters. The molecule has 4 rings (SSSR count).